The van der Waals surface area contributed by atoms with Crippen LogP contribution in [0.3, 0.4) is 0 Å². The molecule has 178 valence electrons. The molecular weight excluding hydrogens is 440 g/mol. The zero-order valence-corrected chi connectivity index (χ0v) is 20.2. The summed E-state index contributed by atoms with van der Waals surface area (Å²) < 4.78 is 26.7. The lowest BCUT2D eigenvalue weighted by molar-refractivity contribution is -0.00935. The van der Waals surface area contributed by atoms with Crippen LogP contribution < -0.4 is 5.48 Å². The summed E-state index contributed by atoms with van der Waals surface area (Å²) in [6, 6.07) is 15.5. The number of piperidine rings is 1. The van der Waals surface area contributed by atoms with Gasteiger partial charge in [0.05, 0.1) is 11.9 Å². The number of fused-ring (bicyclic) bond motifs is 1. The average molecular weight is 473 g/mol. The van der Waals surface area contributed by atoms with E-state index < -0.39 is 21.6 Å². The van der Waals surface area contributed by atoms with Crippen LogP contribution in [-0.4, -0.2) is 55.8 Å². The molecule has 1 fully saturated rings. The van der Waals surface area contributed by atoms with Crippen molar-refractivity contribution < 1.29 is 22.6 Å². The van der Waals surface area contributed by atoms with Crippen LogP contribution in [-0.2, 0) is 32.7 Å². The maximum atomic E-state index is 12.3. The molecule has 2 aliphatic rings. The van der Waals surface area contributed by atoms with E-state index in [1.807, 2.05) is 35.8 Å². The number of β-amino-alcohol motifs (C(OH)–C–C–N with tert-alkyl or cyclic N) is 1. The summed E-state index contributed by atoms with van der Waals surface area (Å²) in [5.41, 5.74) is 4.98. The van der Waals surface area contributed by atoms with Crippen molar-refractivity contribution >= 4 is 16.0 Å². The standard InChI is InChI=1S/C25H32N2O5S/c1-18-16-27(17-25(29)14-20-7-4-5-8-21(20)15-25)12-11-24(18,2)22-10-6-9-19(13-22)23(28)26-32-33(3,30)31/h4-10,13,18,29H,11-12,14-17H2,1-3H3,(H,26,28). The summed E-state index contributed by atoms with van der Waals surface area (Å²) in [5, 5.41) is 11.3. The molecule has 1 saturated heterocycles. The van der Waals surface area contributed by atoms with E-state index in [2.05, 4.69) is 35.2 Å². The molecule has 0 spiro atoms. The molecule has 0 radical (unpaired) electrons. The van der Waals surface area contributed by atoms with E-state index in [-0.39, 0.29) is 5.41 Å². The van der Waals surface area contributed by atoms with E-state index in [1.165, 1.54) is 11.1 Å². The minimum atomic E-state index is -3.78. The number of hydrogen-bond donors (Lipinski definition) is 2. The van der Waals surface area contributed by atoms with E-state index in [4.69, 9.17) is 0 Å². The Morgan fingerprint density at radius 1 is 1.18 bits per heavy atom. The predicted octanol–water partition coefficient (Wildman–Crippen LogP) is 2.44. The van der Waals surface area contributed by atoms with E-state index in [0.29, 0.717) is 30.9 Å². The van der Waals surface area contributed by atoms with Crippen molar-refractivity contribution in [2.24, 2.45) is 5.92 Å². The lowest BCUT2D eigenvalue weighted by Gasteiger charge is -2.46. The molecule has 7 nitrogen and oxygen atoms in total. The topological polar surface area (TPSA) is 95.9 Å². The van der Waals surface area contributed by atoms with Crippen molar-refractivity contribution in [1.29, 1.82) is 0 Å². The number of benzene rings is 2. The third-order valence-electron chi connectivity index (χ3n) is 7.31. The summed E-state index contributed by atoms with van der Waals surface area (Å²) >= 11 is 0. The van der Waals surface area contributed by atoms with Crippen LogP contribution >= 0.6 is 0 Å². The summed E-state index contributed by atoms with van der Waals surface area (Å²) in [5.74, 6) is -0.303. The van der Waals surface area contributed by atoms with Gasteiger partial charge in [-0.15, -0.1) is 4.28 Å². The van der Waals surface area contributed by atoms with Crippen molar-refractivity contribution in [1.82, 2.24) is 10.4 Å². The first-order chi connectivity index (χ1) is 15.5. The van der Waals surface area contributed by atoms with Crippen LogP contribution in [0.2, 0.25) is 0 Å². The largest absolute Gasteiger partial charge is 0.388 e. The summed E-state index contributed by atoms with van der Waals surface area (Å²) in [7, 11) is -3.78. The molecule has 0 bridgehead atoms. The summed E-state index contributed by atoms with van der Waals surface area (Å²) in [6.07, 6.45) is 3.15. The lowest BCUT2D eigenvalue weighted by Crippen LogP contribution is -2.52. The number of aliphatic hydroxyl groups is 1. The molecule has 2 aromatic rings. The molecule has 4 rings (SSSR count). The Morgan fingerprint density at radius 2 is 1.85 bits per heavy atom. The van der Waals surface area contributed by atoms with Gasteiger partial charge in [-0.25, -0.2) is 5.48 Å². The second-order valence-electron chi connectivity index (χ2n) is 9.95. The Labute approximate surface area is 195 Å². The van der Waals surface area contributed by atoms with Crippen LogP contribution in [0.1, 0.15) is 47.3 Å². The normalized spacial score (nSPS) is 24.9. The maximum absolute atomic E-state index is 12.3. The van der Waals surface area contributed by atoms with Gasteiger partial charge in [-0.1, -0.05) is 50.2 Å². The maximum Gasteiger partial charge on any atom is 0.285 e. The monoisotopic (exact) mass is 472 g/mol. The van der Waals surface area contributed by atoms with Crippen LogP contribution in [0.4, 0.5) is 0 Å². The Morgan fingerprint density at radius 3 is 2.45 bits per heavy atom. The third-order valence-corrected chi connectivity index (χ3v) is 7.70. The summed E-state index contributed by atoms with van der Waals surface area (Å²) in [4.78, 5) is 14.7. The van der Waals surface area contributed by atoms with Gasteiger partial charge in [0.15, 0.2) is 0 Å². The Balaban J connectivity index is 1.42. The zero-order valence-electron chi connectivity index (χ0n) is 19.4. The molecule has 2 aromatic carbocycles. The van der Waals surface area contributed by atoms with Crippen molar-refractivity contribution in [3.63, 3.8) is 0 Å². The van der Waals surface area contributed by atoms with Gasteiger partial charge in [0.2, 0.25) is 0 Å². The van der Waals surface area contributed by atoms with Gasteiger partial charge < -0.3 is 10.0 Å². The van der Waals surface area contributed by atoms with Gasteiger partial charge in [0, 0.05) is 31.5 Å². The fourth-order valence-corrected chi connectivity index (χ4v) is 5.51. The highest BCUT2D eigenvalue weighted by atomic mass is 32.2. The highest BCUT2D eigenvalue weighted by Gasteiger charge is 2.42. The third kappa shape index (κ3) is 5.30. The number of hydroxylamine groups is 1. The number of carbonyl (C=O) groups is 1. The van der Waals surface area contributed by atoms with Gasteiger partial charge in [0.1, 0.15) is 0 Å². The molecule has 1 heterocycles. The number of hydrogen-bond acceptors (Lipinski definition) is 6. The van der Waals surface area contributed by atoms with Crippen molar-refractivity contribution in [2.75, 3.05) is 25.9 Å². The Bertz CT molecular complexity index is 1120. The molecule has 2 unspecified atom stereocenters. The lowest BCUT2D eigenvalue weighted by atomic mass is 9.67. The first kappa shape index (κ1) is 23.9. The molecule has 8 heteroatoms. The van der Waals surface area contributed by atoms with Crippen LogP contribution in [0.15, 0.2) is 48.5 Å². The van der Waals surface area contributed by atoms with E-state index in [1.54, 1.807) is 6.07 Å². The van der Waals surface area contributed by atoms with Gasteiger partial charge in [-0.2, -0.15) is 8.42 Å². The second-order valence-corrected chi connectivity index (χ2v) is 11.5. The van der Waals surface area contributed by atoms with Gasteiger partial charge in [-0.3, -0.25) is 4.79 Å². The first-order valence-corrected chi connectivity index (χ1v) is 13.1. The number of amides is 1. The fraction of sp³-hybridized carbons (Fsp3) is 0.480. The molecule has 1 amide bonds. The molecule has 0 aromatic heterocycles. The van der Waals surface area contributed by atoms with E-state index in [9.17, 15) is 18.3 Å². The second kappa shape index (κ2) is 8.83. The smallest absolute Gasteiger partial charge is 0.285 e. The quantitative estimate of drug-likeness (QED) is 0.627. The molecule has 0 saturated carbocycles. The minimum Gasteiger partial charge on any atom is -0.388 e. The highest BCUT2D eigenvalue weighted by molar-refractivity contribution is 7.85. The molecule has 33 heavy (non-hydrogen) atoms. The SMILES string of the molecule is CC1CN(CC2(O)Cc3ccccc3C2)CCC1(C)c1cccc(C(=O)NOS(C)(=O)=O)c1. The number of rotatable bonds is 6. The predicted molar refractivity (Wildman–Crippen MR) is 126 cm³/mol. The number of carbonyl (C=O) groups excluding carboxylic acids is 1. The molecule has 1 aliphatic carbocycles. The highest BCUT2D eigenvalue weighted by Crippen LogP contribution is 2.40. The Hall–Kier alpha value is -2.26. The number of nitrogens with zero attached hydrogens (tertiary/aromatic N) is 1. The van der Waals surface area contributed by atoms with Crippen LogP contribution in [0, 0.1) is 5.92 Å². The molecule has 2 N–H and O–H groups in total. The zero-order chi connectivity index (χ0) is 23.9. The van der Waals surface area contributed by atoms with Gasteiger partial charge in [0.25, 0.3) is 16.0 Å². The van der Waals surface area contributed by atoms with Crippen molar-refractivity contribution in [2.45, 2.75) is 44.1 Å². The molecule has 1 aliphatic heterocycles. The average Bonchev–Trinajstić information content (AvgIpc) is 3.10. The number of likely N-dealkylation sites (tertiary alicyclic amines) is 1. The van der Waals surface area contributed by atoms with Crippen LogP contribution in [0.25, 0.3) is 0 Å². The fourth-order valence-electron chi connectivity index (χ4n) is 5.28. The first-order valence-electron chi connectivity index (χ1n) is 11.3. The molecular formula is C25H32N2O5S. The van der Waals surface area contributed by atoms with Crippen molar-refractivity contribution in [3.05, 3.63) is 70.8 Å². The summed E-state index contributed by atoms with van der Waals surface area (Å²) in [6.45, 7) is 6.77. The molecule has 2 atom stereocenters. The van der Waals surface area contributed by atoms with Gasteiger partial charge >= 0.3 is 0 Å². The minimum absolute atomic E-state index is 0.147. The number of nitrogens with one attached hydrogen (secondary N) is 1. The Kier molecular flexibility index (Phi) is 6.39. The van der Waals surface area contributed by atoms with Gasteiger partial charge in [-0.05, 0) is 53.1 Å². The van der Waals surface area contributed by atoms with E-state index >= 15 is 0 Å². The van der Waals surface area contributed by atoms with Crippen LogP contribution in [0.5, 0.6) is 0 Å². The van der Waals surface area contributed by atoms with E-state index in [0.717, 1.165) is 31.3 Å². The van der Waals surface area contributed by atoms with Crippen molar-refractivity contribution in [3.8, 4) is 0 Å².